The Balaban J connectivity index is 1.18. The van der Waals surface area contributed by atoms with E-state index in [0.717, 1.165) is 61.0 Å². The zero-order valence-electron chi connectivity index (χ0n) is 17.8. The summed E-state index contributed by atoms with van der Waals surface area (Å²) in [6.07, 6.45) is 8.38. The van der Waals surface area contributed by atoms with Crippen molar-refractivity contribution in [3.05, 3.63) is 24.3 Å². The number of hydrogen-bond donors (Lipinski definition) is 2. The smallest absolute Gasteiger partial charge is 0.228 e. The van der Waals surface area contributed by atoms with Crippen molar-refractivity contribution in [1.29, 1.82) is 0 Å². The molecule has 1 aromatic heterocycles. The lowest BCUT2D eigenvalue weighted by molar-refractivity contribution is -0.146. The summed E-state index contributed by atoms with van der Waals surface area (Å²) in [6, 6.07) is 7.93. The maximum Gasteiger partial charge on any atom is 0.228 e. The first-order chi connectivity index (χ1) is 14.6. The molecule has 1 heterocycles. The monoisotopic (exact) mass is 408 g/mol. The van der Waals surface area contributed by atoms with Gasteiger partial charge < -0.3 is 9.88 Å². The zero-order chi connectivity index (χ0) is 20.7. The highest BCUT2D eigenvalue weighted by Gasteiger charge is 2.54. The minimum Gasteiger partial charge on any atom is -0.355 e. The summed E-state index contributed by atoms with van der Waals surface area (Å²) < 4.78 is 2.06. The number of carbonyl (C=O) groups is 2. The number of rotatable bonds is 7. The summed E-state index contributed by atoms with van der Waals surface area (Å²) in [5.41, 5.74) is 1.77. The Bertz CT molecular complexity index is 928. The molecule has 0 aliphatic heterocycles. The van der Waals surface area contributed by atoms with Gasteiger partial charge in [-0.25, -0.2) is 4.98 Å². The van der Waals surface area contributed by atoms with Crippen molar-refractivity contribution in [3.63, 3.8) is 0 Å². The molecule has 0 saturated heterocycles. The summed E-state index contributed by atoms with van der Waals surface area (Å²) in [5.74, 6) is 2.92. The first kappa shape index (κ1) is 19.6. The molecule has 2 N–H and O–H groups in total. The van der Waals surface area contributed by atoms with Crippen LogP contribution >= 0.6 is 0 Å². The molecular formula is C24H32N4O2. The third kappa shape index (κ3) is 3.50. The number of aryl methyl sites for hydroxylation is 1. The Morgan fingerprint density at radius 3 is 2.43 bits per heavy atom. The maximum atomic E-state index is 13.0. The second-order valence-electron chi connectivity index (χ2n) is 9.83. The lowest BCUT2D eigenvalue weighted by Crippen LogP contribution is -2.53. The third-order valence-electron chi connectivity index (χ3n) is 7.51. The molecule has 4 fully saturated rings. The van der Waals surface area contributed by atoms with E-state index in [4.69, 9.17) is 0 Å². The molecule has 2 aromatic rings. The summed E-state index contributed by atoms with van der Waals surface area (Å²) in [4.78, 5) is 30.2. The fourth-order valence-electron chi connectivity index (χ4n) is 6.67. The van der Waals surface area contributed by atoms with Gasteiger partial charge in [0, 0.05) is 24.9 Å². The summed E-state index contributed by atoms with van der Waals surface area (Å²) >= 11 is 0. The van der Waals surface area contributed by atoms with Crippen molar-refractivity contribution >= 4 is 28.8 Å². The fraction of sp³-hybridized carbons (Fsp3) is 0.625. The van der Waals surface area contributed by atoms with Gasteiger partial charge in [0.2, 0.25) is 17.8 Å². The minimum atomic E-state index is -0.152. The van der Waals surface area contributed by atoms with E-state index in [2.05, 4.69) is 27.1 Å². The number of aromatic nitrogens is 2. The van der Waals surface area contributed by atoms with E-state index in [-0.39, 0.29) is 23.7 Å². The molecule has 4 saturated carbocycles. The standard InChI is InChI=1S/C24H32N4O2/c1-2-9-28-20-6-4-3-5-19(20)26-23(28)27-21(29)7-8-25-22(30)24-13-16-10-17(14-24)12-18(11-16)15-24/h3-6,16-18H,2,7-15H2,1H3,(H,25,30)(H,26,27,29). The fourth-order valence-corrected chi connectivity index (χ4v) is 6.67. The van der Waals surface area contributed by atoms with Crippen molar-refractivity contribution < 1.29 is 9.59 Å². The molecule has 2 amide bonds. The maximum absolute atomic E-state index is 13.0. The minimum absolute atomic E-state index is 0.103. The van der Waals surface area contributed by atoms with E-state index >= 15 is 0 Å². The average Bonchev–Trinajstić information content (AvgIpc) is 3.04. The lowest BCUT2D eigenvalue weighted by Gasteiger charge is -2.55. The molecule has 6 heteroatoms. The van der Waals surface area contributed by atoms with E-state index in [0.29, 0.717) is 12.5 Å². The molecule has 4 bridgehead atoms. The van der Waals surface area contributed by atoms with Crippen LogP contribution in [0.3, 0.4) is 0 Å². The molecular weight excluding hydrogens is 376 g/mol. The SMILES string of the molecule is CCCn1c(NC(=O)CCNC(=O)C23CC4CC(CC(C4)C2)C3)nc2ccccc21. The first-order valence-corrected chi connectivity index (χ1v) is 11.6. The Hall–Kier alpha value is -2.37. The third-order valence-corrected chi connectivity index (χ3v) is 7.51. The molecule has 160 valence electrons. The topological polar surface area (TPSA) is 76.0 Å². The van der Waals surface area contributed by atoms with Gasteiger partial charge in [-0.15, -0.1) is 0 Å². The van der Waals surface area contributed by atoms with Gasteiger partial charge in [0.1, 0.15) is 0 Å². The number of nitrogens with zero attached hydrogens (tertiary/aromatic N) is 2. The highest BCUT2D eigenvalue weighted by Crippen LogP contribution is 2.60. The predicted octanol–water partition coefficient (Wildman–Crippen LogP) is 4.11. The first-order valence-electron chi connectivity index (χ1n) is 11.6. The average molecular weight is 409 g/mol. The Morgan fingerprint density at radius 1 is 1.10 bits per heavy atom. The highest BCUT2D eigenvalue weighted by molar-refractivity contribution is 5.92. The van der Waals surface area contributed by atoms with Gasteiger partial charge in [-0.3, -0.25) is 14.9 Å². The van der Waals surface area contributed by atoms with Gasteiger partial charge >= 0.3 is 0 Å². The molecule has 0 atom stereocenters. The second-order valence-corrected chi connectivity index (χ2v) is 9.83. The van der Waals surface area contributed by atoms with E-state index in [1.165, 1.54) is 19.3 Å². The van der Waals surface area contributed by atoms with Gasteiger partial charge in [0.15, 0.2) is 0 Å². The lowest BCUT2D eigenvalue weighted by atomic mass is 9.49. The Morgan fingerprint density at radius 2 is 1.77 bits per heavy atom. The molecule has 1 aromatic carbocycles. The number of fused-ring (bicyclic) bond motifs is 1. The van der Waals surface area contributed by atoms with Gasteiger partial charge in [-0.1, -0.05) is 19.1 Å². The van der Waals surface area contributed by atoms with Crippen LogP contribution < -0.4 is 10.6 Å². The predicted molar refractivity (Wildman–Crippen MR) is 117 cm³/mol. The van der Waals surface area contributed by atoms with Crippen LogP contribution in [0.1, 0.15) is 58.3 Å². The number of nitrogens with one attached hydrogen (secondary N) is 2. The normalized spacial score (nSPS) is 29.3. The number of para-hydroxylation sites is 2. The van der Waals surface area contributed by atoms with Gasteiger partial charge in [0.05, 0.1) is 11.0 Å². The Labute approximate surface area is 177 Å². The highest BCUT2D eigenvalue weighted by atomic mass is 16.2. The van der Waals surface area contributed by atoms with Crippen LogP contribution in [0.2, 0.25) is 0 Å². The van der Waals surface area contributed by atoms with E-state index < -0.39 is 0 Å². The van der Waals surface area contributed by atoms with E-state index in [9.17, 15) is 9.59 Å². The summed E-state index contributed by atoms with van der Waals surface area (Å²) in [5, 5.41) is 6.05. The van der Waals surface area contributed by atoms with Crippen LogP contribution in [0.25, 0.3) is 11.0 Å². The Kier molecular flexibility index (Phi) is 5.03. The van der Waals surface area contributed by atoms with Crippen LogP contribution in [-0.2, 0) is 16.1 Å². The molecule has 0 unspecified atom stereocenters. The molecule has 4 aliphatic rings. The molecule has 6 rings (SSSR count). The summed E-state index contributed by atoms with van der Waals surface area (Å²) in [6.45, 7) is 3.31. The zero-order valence-corrected chi connectivity index (χ0v) is 17.8. The number of carbonyl (C=O) groups excluding carboxylic acids is 2. The number of imidazole rings is 1. The number of hydrogen-bond acceptors (Lipinski definition) is 3. The van der Waals surface area contributed by atoms with Crippen molar-refractivity contribution in [2.24, 2.45) is 23.2 Å². The van der Waals surface area contributed by atoms with Crippen LogP contribution in [0.15, 0.2) is 24.3 Å². The van der Waals surface area contributed by atoms with Crippen molar-refractivity contribution in [3.8, 4) is 0 Å². The van der Waals surface area contributed by atoms with Crippen LogP contribution in [0.5, 0.6) is 0 Å². The van der Waals surface area contributed by atoms with E-state index in [1.54, 1.807) is 0 Å². The number of anilines is 1. The van der Waals surface area contributed by atoms with Crippen molar-refractivity contribution in [2.75, 3.05) is 11.9 Å². The van der Waals surface area contributed by atoms with Gasteiger partial charge in [-0.05, 0) is 74.8 Å². The molecule has 4 aliphatic carbocycles. The summed E-state index contributed by atoms with van der Waals surface area (Å²) in [7, 11) is 0. The second kappa shape index (κ2) is 7.71. The van der Waals surface area contributed by atoms with Crippen LogP contribution in [0.4, 0.5) is 5.95 Å². The van der Waals surface area contributed by atoms with Gasteiger partial charge in [-0.2, -0.15) is 0 Å². The molecule has 0 radical (unpaired) electrons. The molecule has 6 nitrogen and oxygen atoms in total. The number of benzene rings is 1. The van der Waals surface area contributed by atoms with Crippen molar-refractivity contribution in [2.45, 2.75) is 64.8 Å². The molecule has 30 heavy (non-hydrogen) atoms. The van der Waals surface area contributed by atoms with Crippen molar-refractivity contribution in [1.82, 2.24) is 14.9 Å². The van der Waals surface area contributed by atoms with Crippen LogP contribution in [-0.4, -0.2) is 27.9 Å². The van der Waals surface area contributed by atoms with Crippen LogP contribution in [0, 0.1) is 23.2 Å². The van der Waals surface area contributed by atoms with Gasteiger partial charge in [0.25, 0.3) is 0 Å². The number of amides is 2. The molecule has 0 spiro atoms. The van der Waals surface area contributed by atoms with E-state index in [1.807, 2.05) is 24.3 Å². The largest absolute Gasteiger partial charge is 0.355 e. The quantitative estimate of drug-likeness (QED) is 0.724.